The van der Waals surface area contributed by atoms with Gasteiger partial charge in [0, 0.05) is 4.90 Å². The molecule has 4 aromatic rings. The molecule has 1 aliphatic rings. The first kappa shape index (κ1) is 21.1. The number of benzene rings is 4. The smallest absolute Gasteiger partial charge is 0.0482 e. The third-order valence-electron chi connectivity index (χ3n) is 5.86. The molecule has 5 rings (SSSR count). The molecule has 0 saturated heterocycles. The summed E-state index contributed by atoms with van der Waals surface area (Å²) >= 11 is 0. The second-order valence-corrected chi connectivity index (χ2v) is 13.2. The topological polar surface area (TPSA) is 0 Å². The average Bonchev–Trinajstić information content (AvgIpc) is 2.88. The molecule has 0 amide bonds. The van der Waals surface area contributed by atoms with Crippen LogP contribution in [0.15, 0.2) is 146 Å². The Morgan fingerprint density at radius 2 is 0.781 bits per heavy atom. The van der Waals surface area contributed by atoms with E-state index in [0.29, 0.717) is 0 Å². The highest BCUT2D eigenvalue weighted by molar-refractivity contribution is 7.91. The Balaban J connectivity index is 1.80. The van der Waals surface area contributed by atoms with Gasteiger partial charge in [-0.1, -0.05) is 146 Å². The fourth-order valence-corrected chi connectivity index (χ4v) is 12.0. The maximum Gasteiger partial charge on any atom is 0.0482 e. The molecule has 0 radical (unpaired) electrons. The van der Waals surface area contributed by atoms with Crippen LogP contribution in [0.1, 0.15) is 6.42 Å². The number of rotatable bonds is 6. The van der Waals surface area contributed by atoms with E-state index in [0.717, 1.165) is 6.42 Å². The molecule has 0 bridgehead atoms. The molecule has 156 valence electrons. The molecule has 32 heavy (non-hydrogen) atoms. The summed E-state index contributed by atoms with van der Waals surface area (Å²) in [6.07, 6.45) is 10.4. The molecule has 0 saturated carbocycles. The molecule has 1 aliphatic carbocycles. The van der Waals surface area contributed by atoms with Crippen molar-refractivity contribution in [2.75, 3.05) is 0 Å². The van der Waals surface area contributed by atoms with Crippen LogP contribution in [0.3, 0.4) is 0 Å². The molecule has 0 unspecified atom stereocenters. The molecule has 0 heterocycles. The van der Waals surface area contributed by atoms with E-state index >= 15 is 0 Å². The average molecular weight is 448 g/mol. The van der Waals surface area contributed by atoms with Crippen molar-refractivity contribution < 1.29 is 0 Å². The van der Waals surface area contributed by atoms with E-state index in [1.807, 2.05) is 0 Å². The third-order valence-corrected chi connectivity index (χ3v) is 12.5. The van der Waals surface area contributed by atoms with Gasteiger partial charge in [-0.05, 0) is 43.5 Å². The van der Waals surface area contributed by atoms with Crippen LogP contribution in [0.4, 0.5) is 0 Å². The highest BCUT2D eigenvalue weighted by Gasteiger charge is 2.46. The Labute approximate surface area is 193 Å². The summed E-state index contributed by atoms with van der Waals surface area (Å²) < 4.78 is 0. The highest BCUT2D eigenvalue weighted by Crippen LogP contribution is 2.68. The van der Waals surface area contributed by atoms with E-state index in [-0.39, 0.29) is 4.90 Å². The van der Waals surface area contributed by atoms with Gasteiger partial charge in [0.2, 0.25) is 0 Å². The van der Waals surface area contributed by atoms with E-state index in [4.69, 9.17) is 0 Å². The van der Waals surface area contributed by atoms with Crippen LogP contribution in [0.25, 0.3) is 0 Å². The lowest BCUT2D eigenvalue weighted by molar-refractivity contribution is 0.969. The van der Waals surface area contributed by atoms with E-state index in [9.17, 15) is 0 Å². The van der Waals surface area contributed by atoms with Crippen LogP contribution in [-0.4, -0.2) is 4.90 Å². The molecular formula is C30H26P2. The van der Waals surface area contributed by atoms with Crippen molar-refractivity contribution >= 4 is 37.1 Å². The largest absolute Gasteiger partial charge is 0.0829 e. The Morgan fingerprint density at radius 1 is 0.438 bits per heavy atom. The molecule has 2 heteroatoms. The van der Waals surface area contributed by atoms with E-state index < -0.39 is 15.8 Å². The summed E-state index contributed by atoms with van der Waals surface area (Å²) in [6, 6.07) is 44.7. The van der Waals surface area contributed by atoms with Gasteiger partial charge in [-0.15, -0.1) is 0 Å². The lowest BCUT2D eigenvalue weighted by Crippen LogP contribution is -2.38. The lowest BCUT2D eigenvalue weighted by Gasteiger charge is -2.46. The second-order valence-electron chi connectivity index (χ2n) is 7.88. The minimum absolute atomic E-state index is 0.00910. The number of hydrogen-bond acceptors (Lipinski definition) is 0. The Morgan fingerprint density at radius 3 is 1.06 bits per heavy atom. The van der Waals surface area contributed by atoms with Crippen LogP contribution < -0.4 is 21.2 Å². The molecule has 0 aliphatic heterocycles. The molecule has 4 aromatic carbocycles. The van der Waals surface area contributed by atoms with E-state index in [1.165, 1.54) is 21.2 Å². The van der Waals surface area contributed by atoms with Crippen molar-refractivity contribution in [2.24, 2.45) is 0 Å². The van der Waals surface area contributed by atoms with Crippen LogP contribution >= 0.6 is 15.8 Å². The molecular weight excluding hydrogens is 422 g/mol. The summed E-state index contributed by atoms with van der Waals surface area (Å²) in [7, 11) is -1.30. The Kier molecular flexibility index (Phi) is 6.45. The maximum atomic E-state index is 2.53. The molecule has 0 nitrogen and oxygen atoms in total. The SMILES string of the molecule is C1=CCC(P(c2ccccc2)c2ccccc2)(P(c2ccccc2)c2ccccc2)C=C1. The first-order valence-electron chi connectivity index (χ1n) is 11.0. The van der Waals surface area contributed by atoms with Gasteiger partial charge in [-0.3, -0.25) is 0 Å². The van der Waals surface area contributed by atoms with Crippen LogP contribution in [0, 0.1) is 0 Å². The van der Waals surface area contributed by atoms with Gasteiger partial charge < -0.3 is 0 Å². The third kappa shape index (κ3) is 4.14. The summed E-state index contributed by atoms with van der Waals surface area (Å²) in [5.41, 5.74) is 0. The van der Waals surface area contributed by atoms with Gasteiger partial charge in [0.15, 0.2) is 0 Å². The van der Waals surface area contributed by atoms with Crippen molar-refractivity contribution in [3.63, 3.8) is 0 Å². The maximum absolute atomic E-state index is 2.53. The van der Waals surface area contributed by atoms with Crippen molar-refractivity contribution in [3.05, 3.63) is 146 Å². The predicted octanol–water partition coefficient (Wildman–Crippen LogP) is 6.46. The molecule has 0 spiro atoms. The first-order valence-corrected chi connectivity index (χ1v) is 13.7. The molecule has 0 fully saturated rings. The standard InChI is InChI=1S/C30H26P2/c1-6-16-26(17-7-1)31(27-18-8-2-9-19-27)30(24-14-5-15-25-30)32(28-20-10-3-11-21-28)29-22-12-4-13-23-29/h1-24H,25H2. The Hall–Kier alpha value is -2.78. The van der Waals surface area contributed by atoms with Crippen molar-refractivity contribution in [1.82, 2.24) is 0 Å². The highest BCUT2D eigenvalue weighted by atomic mass is 31.2. The molecule has 0 atom stereocenters. The van der Waals surface area contributed by atoms with Gasteiger partial charge in [0.05, 0.1) is 0 Å². The summed E-state index contributed by atoms with van der Waals surface area (Å²) in [6.45, 7) is 0. The van der Waals surface area contributed by atoms with Crippen molar-refractivity contribution in [2.45, 2.75) is 11.3 Å². The zero-order valence-corrected chi connectivity index (χ0v) is 19.7. The van der Waals surface area contributed by atoms with Gasteiger partial charge in [0.25, 0.3) is 0 Å². The van der Waals surface area contributed by atoms with Gasteiger partial charge in [0.1, 0.15) is 0 Å². The molecule has 0 N–H and O–H groups in total. The second kappa shape index (κ2) is 9.79. The zero-order valence-electron chi connectivity index (χ0n) is 18.0. The normalized spacial score (nSPS) is 14.7. The van der Waals surface area contributed by atoms with Crippen molar-refractivity contribution in [1.29, 1.82) is 0 Å². The fraction of sp³-hybridized carbons (Fsp3) is 0.0667. The first-order chi connectivity index (χ1) is 15.9. The van der Waals surface area contributed by atoms with Crippen LogP contribution in [0.5, 0.6) is 0 Å². The van der Waals surface area contributed by atoms with E-state index in [1.54, 1.807) is 0 Å². The van der Waals surface area contributed by atoms with Crippen molar-refractivity contribution in [3.8, 4) is 0 Å². The molecule has 0 aromatic heterocycles. The summed E-state index contributed by atoms with van der Waals surface area (Å²) in [4.78, 5) is -0.00910. The lowest BCUT2D eigenvalue weighted by atomic mass is 10.2. The predicted molar refractivity (Wildman–Crippen MR) is 144 cm³/mol. The zero-order chi connectivity index (χ0) is 21.6. The van der Waals surface area contributed by atoms with Crippen LogP contribution in [0.2, 0.25) is 0 Å². The number of hydrogen-bond donors (Lipinski definition) is 0. The van der Waals surface area contributed by atoms with E-state index in [2.05, 4.69) is 146 Å². The quantitative estimate of drug-likeness (QED) is 0.297. The fourth-order valence-electron chi connectivity index (χ4n) is 4.53. The minimum Gasteiger partial charge on any atom is -0.0829 e. The monoisotopic (exact) mass is 448 g/mol. The van der Waals surface area contributed by atoms with Gasteiger partial charge >= 0.3 is 0 Å². The Bertz CT molecular complexity index is 1020. The minimum atomic E-state index is -0.649. The van der Waals surface area contributed by atoms with Crippen LogP contribution in [-0.2, 0) is 0 Å². The van der Waals surface area contributed by atoms with Gasteiger partial charge in [-0.25, -0.2) is 0 Å². The summed E-state index contributed by atoms with van der Waals surface area (Å²) in [5.74, 6) is 0. The van der Waals surface area contributed by atoms with Gasteiger partial charge in [-0.2, -0.15) is 0 Å². The number of allylic oxidation sites excluding steroid dienone is 4. The summed E-state index contributed by atoms with van der Waals surface area (Å²) in [5, 5.41) is 5.75.